The smallest absolute Gasteiger partial charge is 0 e. The first-order chi connectivity index (χ1) is 5.24. The summed E-state index contributed by atoms with van der Waals surface area (Å²) >= 11 is 0. The molecule has 1 aliphatic rings. The normalized spacial score (nSPS) is 13.4. The Morgan fingerprint density at radius 3 is 2.29 bits per heavy atom. The second-order valence-corrected chi connectivity index (χ2v) is 3.52. The van der Waals surface area contributed by atoms with Crippen LogP contribution in [0.15, 0.2) is 17.2 Å². The van der Waals surface area contributed by atoms with Gasteiger partial charge in [0.25, 0.3) is 0 Å². The molecule has 0 amide bonds. The predicted molar refractivity (Wildman–Crippen MR) is 63.7 cm³/mol. The second kappa shape index (κ2) is 10.4. The minimum Gasteiger partial charge on any atom is -0.269 e. The van der Waals surface area contributed by atoms with Crippen LogP contribution in [-0.4, -0.2) is 0 Å². The maximum atomic E-state index is 3.42. The molecule has 0 fully saturated rings. The molecule has 0 saturated carbocycles. The van der Waals surface area contributed by atoms with Crippen LogP contribution in [0.4, 0.5) is 0 Å². The third kappa shape index (κ3) is 6.42. The predicted octanol–water partition coefficient (Wildman–Crippen LogP) is 4.34. The van der Waals surface area contributed by atoms with Crippen LogP contribution in [0, 0.1) is 12.0 Å². The average Bonchev–Trinajstić information content (AvgIpc) is 2.37. The van der Waals surface area contributed by atoms with Gasteiger partial charge in [0.15, 0.2) is 0 Å². The fourth-order valence-corrected chi connectivity index (χ4v) is 1.39. The van der Waals surface area contributed by atoms with Gasteiger partial charge in [-0.2, -0.15) is 5.57 Å². The monoisotopic (exact) mass is 401 g/mol. The van der Waals surface area contributed by atoms with Crippen LogP contribution in [-0.2, 0) is 25.8 Å². The first-order valence-corrected chi connectivity index (χ1v) is 4.54. The van der Waals surface area contributed by atoms with Gasteiger partial charge in [0.05, 0.1) is 0 Å². The number of allylic oxidation sites excluding steroid dienone is 4. The van der Waals surface area contributed by atoms with Crippen LogP contribution >= 0.6 is 24.8 Å². The Bertz CT molecular complexity index is 195. The molecule has 0 aromatic rings. The SMILES string of the molecule is CCCC1=CC(C(C)C)=[C-]C1.Cl.Cl.[Hf]. The van der Waals surface area contributed by atoms with Crippen LogP contribution in [0.25, 0.3) is 0 Å². The zero-order valence-electron chi connectivity index (χ0n) is 9.09. The molecule has 0 spiro atoms. The molecular weight excluding hydrogens is 382 g/mol. The van der Waals surface area contributed by atoms with Gasteiger partial charge < -0.3 is 0 Å². The van der Waals surface area contributed by atoms with Crippen molar-refractivity contribution in [2.45, 2.75) is 40.0 Å². The fraction of sp³-hybridized carbons (Fsp3) is 0.636. The van der Waals surface area contributed by atoms with Gasteiger partial charge in [-0.15, -0.1) is 31.2 Å². The maximum Gasteiger partial charge on any atom is 0 e. The zero-order chi connectivity index (χ0) is 8.27. The van der Waals surface area contributed by atoms with E-state index in [1.807, 2.05) is 0 Å². The van der Waals surface area contributed by atoms with E-state index in [0.29, 0.717) is 5.92 Å². The molecule has 0 unspecified atom stereocenters. The van der Waals surface area contributed by atoms with Crippen LogP contribution in [0.2, 0.25) is 0 Å². The van der Waals surface area contributed by atoms with E-state index in [0.717, 1.165) is 6.42 Å². The zero-order valence-corrected chi connectivity index (χ0v) is 14.3. The molecule has 0 saturated heterocycles. The molecule has 3 heteroatoms. The summed E-state index contributed by atoms with van der Waals surface area (Å²) < 4.78 is 0. The van der Waals surface area contributed by atoms with E-state index in [-0.39, 0.29) is 50.7 Å². The molecule has 0 aromatic heterocycles. The molecule has 82 valence electrons. The van der Waals surface area contributed by atoms with Gasteiger partial charge in [0.2, 0.25) is 0 Å². The summed E-state index contributed by atoms with van der Waals surface area (Å²) in [5.74, 6) is 0.657. The molecule has 0 atom stereocenters. The van der Waals surface area contributed by atoms with Gasteiger partial charge in [0, 0.05) is 25.8 Å². The Kier molecular flexibility index (Phi) is 15.2. The Labute approximate surface area is 119 Å². The molecular formula is C11H19Cl2Hf-. The summed E-state index contributed by atoms with van der Waals surface area (Å²) in [5, 5.41) is 0. The van der Waals surface area contributed by atoms with Gasteiger partial charge in [0.1, 0.15) is 0 Å². The summed E-state index contributed by atoms with van der Waals surface area (Å²) in [6, 6.07) is 0. The van der Waals surface area contributed by atoms with Crippen LogP contribution in [0.1, 0.15) is 40.0 Å². The molecule has 0 heterocycles. The van der Waals surface area contributed by atoms with E-state index >= 15 is 0 Å². The summed E-state index contributed by atoms with van der Waals surface area (Å²) in [6.45, 7) is 6.69. The Morgan fingerprint density at radius 1 is 1.36 bits per heavy atom. The standard InChI is InChI=1S/C11H17.2ClH.Hf/c1-4-5-10-6-7-11(8-10)9(2)3;;;/h8-9H,4-6H2,1-3H3;2*1H;/q-1;;;. The van der Waals surface area contributed by atoms with Crippen molar-refractivity contribution in [3.05, 3.63) is 23.3 Å². The Balaban J connectivity index is -0.000000403. The fourth-order valence-electron chi connectivity index (χ4n) is 1.39. The van der Waals surface area contributed by atoms with Crippen molar-refractivity contribution in [1.82, 2.24) is 0 Å². The van der Waals surface area contributed by atoms with Gasteiger partial charge in [-0.25, -0.2) is 11.6 Å². The quantitative estimate of drug-likeness (QED) is 0.488. The Morgan fingerprint density at radius 2 is 1.93 bits per heavy atom. The van der Waals surface area contributed by atoms with Gasteiger partial charge in [-0.05, 0) is 6.42 Å². The molecule has 14 heavy (non-hydrogen) atoms. The summed E-state index contributed by atoms with van der Waals surface area (Å²) in [6.07, 6.45) is 9.34. The number of halogens is 2. The van der Waals surface area contributed by atoms with Crippen molar-refractivity contribution < 1.29 is 25.8 Å². The van der Waals surface area contributed by atoms with Gasteiger partial charge >= 0.3 is 0 Å². The third-order valence-corrected chi connectivity index (χ3v) is 2.07. The third-order valence-electron chi connectivity index (χ3n) is 2.07. The second-order valence-electron chi connectivity index (χ2n) is 3.52. The van der Waals surface area contributed by atoms with E-state index in [9.17, 15) is 0 Å². The minimum absolute atomic E-state index is 0. The van der Waals surface area contributed by atoms with E-state index in [1.165, 1.54) is 18.4 Å². The van der Waals surface area contributed by atoms with Crippen LogP contribution in [0.3, 0.4) is 0 Å². The molecule has 0 aromatic carbocycles. The summed E-state index contributed by atoms with van der Waals surface area (Å²) in [7, 11) is 0. The number of hydrogen-bond donors (Lipinski definition) is 0. The van der Waals surface area contributed by atoms with Gasteiger partial charge in [-0.3, -0.25) is 6.08 Å². The molecule has 0 N–H and O–H groups in total. The van der Waals surface area contributed by atoms with Crippen molar-refractivity contribution in [1.29, 1.82) is 0 Å². The van der Waals surface area contributed by atoms with E-state index < -0.39 is 0 Å². The van der Waals surface area contributed by atoms with Crippen molar-refractivity contribution in [2.75, 3.05) is 0 Å². The van der Waals surface area contributed by atoms with Crippen molar-refractivity contribution in [3.8, 4) is 0 Å². The number of hydrogen-bond acceptors (Lipinski definition) is 0. The average molecular weight is 401 g/mol. The first kappa shape index (κ1) is 20.4. The van der Waals surface area contributed by atoms with Crippen molar-refractivity contribution in [2.24, 2.45) is 5.92 Å². The van der Waals surface area contributed by atoms with Gasteiger partial charge in [-0.1, -0.05) is 33.1 Å². The topological polar surface area (TPSA) is 0 Å². The van der Waals surface area contributed by atoms with E-state index in [2.05, 4.69) is 32.9 Å². The number of rotatable bonds is 3. The first-order valence-electron chi connectivity index (χ1n) is 4.54. The molecule has 0 radical (unpaired) electrons. The van der Waals surface area contributed by atoms with Crippen LogP contribution < -0.4 is 0 Å². The summed E-state index contributed by atoms with van der Waals surface area (Å²) in [5.41, 5.74) is 2.98. The molecule has 0 aliphatic heterocycles. The van der Waals surface area contributed by atoms with E-state index in [1.54, 1.807) is 5.57 Å². The van der Waals surface area contributed by atoms with Crippen molar-refractivity contribution >= 4 is 24.8 Å². The van der Waals surface area contributed by atoms with Crippen LogP contribution in [0.5, 0.6) is 0 Å². The van der Waals surface area contributed by atoms with E-state index in [4.69, 9.17) is 0 Å². The summed E-state index contributed by atoms with van der Waals surface area (Å²) in [4.78, 5) is 0. The minimum atomic E-state index is 0. The molecule has 0 nitrogen and oxygen atoms in total. The Hall–Kier alpha value is 0.930. The molecule has 0 bridgehead atoms. The maximum absolute atomic E-state index is 3.42. The molecule has 1 rings (SSSR count). The largest absolute Gasteiger partial charge is 0.269 e. The molecule has 1 aliphatic carbocycles. The van der Waals surface area contributed by atoms with Crippen molar-refractivity contribution in [3.63, 3.8) is 0 Å².